The lowest BCUT2D eigenvalue weighted by atomic mass is 10.1. The van der Waals surface area contributed by atoms with E-state index in [1.807, 2.05) is 13.0 Å². The predicted octanol–water partition coefficient (Wildman–Crippen LogP) is 2.55. The first-order valence-corrected chi connectivity index (χ1v) is 5.41. The zero-order valence-corrected chi connectivity index (χ0v) is 9.42. The molecule has 2 aromatic rings. The number of carboxylic acid groups (broad SMARTS) is 1. The Balaban J connectivity index is 2.65. The van der Waals surface area contributed by atoms with E-state index in [9.17, 15) is 4.79 Å². The van der Waals surface area contributed by atoms with E-state index in [0.29, 0.717) is 12.0 Å². The minimum absolute atomic E-state index is 0.510. The number of nitriles is 1. The van der Waals surface area contributed by atoms with Crippen molar-refractivity contribution in [1.29, 1.82) is 5.26 Å². The van der Waals surface area contributed by atoms with E-state index in [2.05, 4.69) is 6.07 Å². The highest BCUT2D eigenvalue weighted by atomic mass is 16.4. The molecule has 0 fully saturated rings. The largest absolute Gasteiger partial charge is 0.480 e. The molecule has 1 atom stereocenters. The summed E-state index contributed by atoms with van der Waals surface area (Å²) >= 11 is 0. The van der Waals surface area contributed by atoms with Gasteiger partial charge < -0.3 is 9.67 Å². The van der Waals surface area contributed by atoms with Gasteiger partial charge in [0.2, 0.25) is 0 Å². The number of carboxylic acids is 1. The van der Waals surface area contributed by atoms with E-state index >= 15 is 0 Å². The predicted molar refractivity (Wildman–Crippen MR) is 63.6 cm³/mol. The molecule has 1 N–H and O–H groups in total. The van der Waals surface area contributed by atoms with Crippen LogP contribution < -0.4 is 0 Å². The second-order valence-corrected chi connectivity index (χ2v) is 3.84. The fourth-order valence-corrected chi connectivity index (χ4v) is 2.05. The van der Waals surface area contributed by atoms with Gasteiger partial charge in [-0.15, -0.1) is 0 Å². The van der Waals surface area contributed by atoms with Crippen LogP contribution in [0.15, 0.2) is 30.5 Å². The van der Waals surface area contributed by atoms with Crippen LogP contribution in [0.25, 0.3) is 10.9 Å². The Morgan fingerprint density at radius 2 is 2.29 bits per heavy atom. The van der Waals surface area contributed by atoms with Crippen LogP contribution >= 0.6 is 0 Å². The third-order valence-electron chi connectivity index (χ3n) is 2.89. The van der Waals surface area contributed by atoms with Crippen LogP contribution in [0.3, 0.4) is 0 Å². The Hall–Kier alpha value is -2.28. The molecule has 0 saturated heterocycles. The Morgan fingerprint density at radius 1 is 1.53 bits per heavy atom. The minimum atomic E-state index is -0.854. The van der Waals surface area contributed by atoms with Gasteiger partial charge in [0.15, 0.2) is 0 Å². The summed E-state index contributed by atoms with van der Waals surface area (Å²) in [4.78, 5) is 11.1. The van der Waals surface area contributed by atoms with Gasteiger partial charge in [0.1, 0.15) is 6.04 Å². The Bertz CT molecular complexity index is 607. The maximum Gasteiger partial charge on any atom is 0.326 e. The number of fused-ring (bicyclic) bond motifs is 1. The van der Waals surface area contributed by atoms with E-state index in [1.165, 1.54) is 0 Å². The fourth-order valence-electron chi connectivity index (χ4n) is 2.05. The number of benzene rings is 1. The van der Waals surface area contributed by atoms with E-state index in [1.54, 1.807) is 29.0 Å². The molecule has 1 aromatic heterocycles. The molecule has 0 spiro atoms. The van der Waals surface area contributed by atoms with Crippen LogP contribution in [-0.4, -0.2) is 15.6 Å². The van der Waals surface area contributed by atoms with Crippen molar-refractivity contribution >= 4 is 16.9 Å². The van der Waals surface area contributed by atoms with Crippen molar-refractivity contribution in [2.75, 3.05) is 0 Å². The topological polar surface area (TPSA) is 66.0 Å². The van der Waals surface area contributed by atoms with Gasteiger partial charge in [-0.3, -0.25) is 0 Å². The molecule has 0 aliphatic rings. The summed E-state index contributed by atoms with van der Waals surface area (Å²) in [7, 11) is 0. The second kappa shape index (κ2) is 4.30. The maximum absolute atomic E-state index is 11.1. The van der Waals surface area contributed by atoms with E-state index < -0.39 is 12.0 Å². The molecule has 0 radical (unpaired) electrons. The highest BCUT2D eigenvalue weighted by Gasteiger charge is 2.19. The first-order valence-electron chi connectivity index (χ1n) is 5.41. The van der Waals surface area contributed by atoms with Gasteiger partial charge in [0, 0.05) is 11.6 Å². The summed E-state index contributed by atoms with van der Waals surface area (Å²) < 4.78 is 1.71. The number of carbonyl (C=O) groups is 1. The van der Waals surface area contributed by atoms with Gasteiger partial charge in [-0.25, -0.2) is 4.79 Å². The molecule has 1 heterocycles. The van der Waals surface area contributed by atoms with Crippen LogP contribution in [0.2, 0.25) is 0 Å². The van der Waals surface area contributed by atoms with Crippen molar-refractivity contribution in [2.24, 2.45) is 0 Å². The summed E-state index contributed by atoms with van der Waals surface area (Å²) in [5.74, 6) is -0.854. The van der Waals surface area contributed by atoms with Crippen LogP contribution in [-0.2, 0) is 4.79 Å². The number of aromatic nitrogens is 1. The first kappa shape index (κ1) is 11.2. The van der Waals surface area contributed by atoms with Gasteiger partial charge >= 0.3 is 5.97 Å². The summed E-state index contributed by atoms with van der Waals surface area (Å²) in [6.45, 7) is 1.83. The van der Waals surface area contributed by atoms with Crippen molar-refractivity contribution in [1.82, 2.24) is 4.57 Å². The summed E-state index contributed by atoms with van der Waals surface area (Å²) in [5.41, 5.74) is 1.36. The van der Waals surface area contributed by atoms with Gasteiger partial charge in [-0.2, -0.15) is 5.26 Å². The third kappa shape index (κ3) is 1.76. The molecule has 17 heavy (non-hydrogen) atoms. The normalized spacial score (nSPS) is 12.2. The molecule has 4 heteroatoms. The lowest BCUT2D eigenvalue weighted by Crippen LogP contribution is -2.17. The second-order valence-electron chi connectivity index (χ2n) is 3.84. The van der Waals surface area contributed by atoms with Gasteiger partial charge in [0.25, 0.3) is 0 Å². The fraction of sp³-hybridized carbons (Fsp3) is 0.231. The van der Waals surface area contributed by atoms with Crippen LogP contribution in [0, 0.1) is 11.3 Å². The Labute approximate surface area is 98.7 Å². The zero-order valence-electron chi connectivity index (χ0n) is 9.42. The zero-order chi connectivity index (χ0) is 12.4. The molecular formula is C13H12N2O2. The summed E-state index contributed by atoms with van der Waals surface area (Å²) in [6.07, 6.45) is 2.24. The molecule has 0 amide bonds. The molecule has 2 rings (SSSR count). The molecule has 1 aromatic carbocycles. The molecular weight excluding hydrogens is 216 g/mol. The van der Waals surface area contributed by atoms with Crippen molar-refractivity contribution in [3.05, 3.63) is 36.0 Å². The highest BCUT2D eigenvalue weighted by Crippen LogP contribution is 2.24. The van der Waals surface area contributed by atoms with E-state index in [4.69, 9.17) is 10.4 Å². The molecule has 1 unspecified atom stereocenters. The number of hydrogen-bond donors (Lipinski definition) is 1. The number of aliphatic carboxylic acids is 1. The Morgan fingerprint density at radius 3 is 2.88 bits per heavy atom. The van der Waals surface area contributed by atoms with Crippen molar-refractivity contribution in [3.63, 3.8) is 0 Å². The lowest BCUT2D eigenvalue weighted by Gasteiger charge is -2.13. The summed E-state index contributed by atoms with van der Waals surface area (Å²) in [6, 6.07) is 8.65. The SMILES string of the molecule is CCC(C(=O)O)n1ccc2c(C#N)cccc21. The standard InChI is InChI=1S/C13H12N2O2/c1-2-11(13(16)17)15-7-6-10-9(8-14)4-3-5-12(10)15/h3-7,11H,2H2,1H3,(H,16,17). The minimum Gasteiger partial charge on any atom is -0.480 e. The van der Waals surface area contributed by atoms with Crippen molar-refractivity contribution in [2.45, 2.75) is 19.4 Å². The molecule has 86 valence electrons. The molecule has 0 saturated carbocycles. The molecule has 0 bridgehead atoms. The maximum atomic E-state index is 11.1. The smallest absolute Gasteiger partial charge is 0.326 e. The van der Waals surface area contributed by atoms with Gasteiger partial charge in [-0.05, 0) is 24.6 Å². The molecule has 4 nitrogen and oxygen atoms in total. The van der Waals surface area contributed by atoms with E-state index in [-0.39, 0.29) is 0 Å². The quantitative estimate of drug-likeness (QED) is 0.877. The van der Waals surface area contributed by atoms with Crippen molar-refractivity contribution in [3.8, 4) is 6.07 Å². The lowest BCUT2D eigenvalue weighted by molar-refractivity contribution is -0.140. The monoisotopic (exact) mass is 228 g/mol. The molecule has 0 aliphatic heterocycles. The first-order chi connectivity index (χ1) is 8.19. The number of rotatable bonds is 3. The number of nitrogens with zero attached hydrogens (tertiary/aromatic N) is 2. The highest BCUT2D eigenvalue weighted by molar-refractivity contribution is 5.87. The van der Waals surface area contributed by atoms with Crippen LogP contribution in [0.1, 0.15) is 24.9 Å². The average Bonchev–Trinajstić information content (AvgIpc) is 2.73. The Kier molecular flexibility index (Phi) is 2.84. The number of hydrogen-bond acceptors (Lipinski definition) is 2. The average molecular weight is 228 g/mol. The van der Waals surface area contributed by atoms with Crippen LogP contribution in [0.5, 0.6) is 0 Å². The van der Waals surface area contributed by atoms with E-state index in [0.717, 1.165) is 10.9 Å². The van der Waals surface area contributed by atoms with Crippen molar-refractivity contribution < 1.29 is 9.90 Å². The molecule has 0 aliphatic carbocycles. The third-order valence-corrected chi connectivity index (χ3v) is 2.89. The van der Waals surface area contributed by atoms with Gasteiger partial charge in [0.05, 0.1) is 17.1 Å². The van der Waals surface area contributed by atoms with Gasteiger partial charge in [-0.1, -0.05) is 13.0 Å². The summed E-state index contributed by atoms with van der Waals surface area (Å²) in [5, 5.41) is 18.9. The van der Waals surface area contributed by atoms with Crippen LogP contribution in [0.4, 0.5) is 0 Å².